The smallest absolute Gasteiger partial charge is 0.387 e. The lowest BCUT2D eigenvalue weighted by Gasteiger charge is -2.30. The Bertz CT molecular complexity index is 943. The van der Waals surface area contributed by atoms with Crippen molar-refractivity contribution >= 4 is 17.4 Å². The van der Waals surface area contributed by atoms with Crippen molar-refractivity contribution in [3.8, 4) is 11.8 Å². The molecule has 1 heterocycles. The third kappa shape index (κ3) is 4.42. The molecule has 0 bridgehead atoms. The van der Waals surface area contributed by atoms with Gasteiger partial charge in [-0.25, -0.2) is 9.18 Å². The number of morpholine rings is 1. The molecule has 0 spiro atoms. The van der Waals surface area contributed by atoms with E-state index in [0.29, 0.717) is 30.2 Å². The second kappa shape index (κ2) is 8.81. The molecule has 152 valence electrons. The standard InChI is InChI=1S/C19H17F3N4O3/c20-13-3-1-2-12(16-10-25-6-7-28-16)17(13)26(19(24)27)14-8-11(9-23)4-5-15(14)29-18(21)22/h1-5,8,16,18,25H,6-7,10H2,(H2,24,27). The number of carbonyl (C=O) groups excluding carboxylic acids is 1. The van der Waals surface area contributed by atoms with Gasteiger partial charge in [0.05, 0.1) is 35.7 Å². The third-order valence-electron chi connectivity index (χ3n) is 4.28. The van der Waals surface area contributed by atoms with E-state index in [0.717, 1.165) is 18.2 Å². The van der Waals surface area contributed by atoms with Crippen molar-refractivity contribution in [3.63, 3.8) is 0 Å². The zero-order chi connectivity index (χ0) is 21.0. The van der Waals surface area contributed by atoms with Crippen LogP contribution in [0.3, 0.4) is 0 Å². The number of benzene rings is 2. The molecule has 1 fully saturated rings. The number of amides is 2. The van der Waals surface area contributed by atoms with Crippen LogP contribution in [0.15, 0.2) is 36.4 Å². The van der Waals surface area contributed by atoms with E-state index in [1.54, 1.807) is 6.07 Å². The van der Waals surface area contributed by atoms with Gasteiger partial charge in [-0.15, -0.1) is 0 Å². The van der Waals surface area contributed by atoms with Crippen molar-refractivity contribution in [1.82, 2.24) is 5.32 Å². The summed E-state index contributed by atoms with van der Waals surface area (Å²) in [7, 11) is 0. The number of rotatable bonds is 5. The van der Waals surface area contributed by atoms with Gasteiger partial charge < -0.3 is 20.5 Å². The molecule has 3 rings (SSSR count). The summed E-state index contributed by atoms with van der Waals surface area (Å²) in [6.45, 7) is -1.89. The van der Waals surface area contributed by atoms with Gasteiger partial charge in [0.1, 0.15) is 11.6 Å². The summed E-state index contributed by atoms with van der Waals surface area (Å²) in [6, 6.07) is 8.23. The average Bonchev–Trinajstić information content (AvgIpc) is 2.70. The zero-order valence-corrected chi connectivity index (χ0v) is 15.1. The molecule has 10 heteroatoms. The lowest BCUT2D eigenvalue weighted by molar-refractivity contribution is -0.0494. The Kier molecular flexibility index (Phi) is 6.21. The quantitative estimate of drug-likeness (QED) is 0.794. The lowest BCUT2D eigenvalue weighted by Crippen LogP contribution is -2.37. The predicted molar refractivity (Wildman–Crippen MR) is 97.5 cm³/mol. The monoisotopic (exact) mass is 406 g/mol. The number of hydrogen-bond acceptors (Lipinski definition) is 5. The Hall–Kier alpha value is -3.29. The van der Waals surface area contributed by atoms with Crippen LogP contribution in [0.2, 0.25) is 0 Å². The lowest BCUT2D eigenvalue weighted by atomic mass is 10.0. The Morgan fingerprint density at radius 3 is 2.79 bits per heavy atom. The van der Waals surface area contributed by atoms with Crippen LogP contribution in [0.1, 0.15) is 17.2 Å². The molecule has 0 radical (unpaired) electrons. The third-order valence-corrected chi connectivity index (χ3v) is 4.28. The number of primary amides is 1. The minimum atomic E-state index is -3.21. The number of nitriles is 1. The van der Waals surface area contributed by atoms with E-state index in [1.165, 1.54) is 12.1 Å². The van der Waals surface area contributed by atoms with E-state index in [9.17, 15) is 18.0 Å². The molecule has 0 aromatic heterocycles. The van der Waals surface area contributed by atoms with Crippen LogP contribution in [0.4, 0.5) is 29.3 Å². The zero-order valence-electron chi connectivity index (χ0n) is 15.1. The first-order chi connectivity index (χ1) is 13.9. The van der Waals surface area contributed by atoms with Gasteiger partial charge in [-0.1, -0.05) is 12.1 Å². The second-order valence-electron chi connectivity index (χ2n) is 6.09. The van der Waals surface area contributed by atoms with Crippen molar-refractivity contribution in [1.29, 1.82) is 5.26 Å². The first-order valence-electron chi connectivity index (χ1n) is 8.61. The second-order valence-corrected chi connectivity index (χ2v) is 6.09. The molecule has 1 aliphatic heterocycles. The summed E-state index contributed by atoms with van der Waals surface area (Å²) in [5, 5.41) is 12.3. The Morgan fingerprint density at radius 2 is 2.17 bits per heavy atom. The molecule has 1 saturated heterocycles. The summed E-state index contributed by atoms with van der Waals surface area (Å²) < 4.78 is 50.8. The van der Waals surface area contributed by atoms with Crippen molar-refractivity contribution < 1.29 is 27.4 Å². The molecule has 29 heavy (non-hydrogen) atoms. The van der Waals surface area contributed by atoms with E-state index in [-0.39, 0.29) is 16.9 Å². The van der Waals surface area contributed by atoms with Gasteiger partial charge in [-0.05, 0) is 24.3 Å². The highest BCUT2D eigenvalue weighted by atomic mass is 19.3. The van der Waals surface area contributed by atoms with Gasteiger partial charge in [0.2, 0.25) is 0 Å². The fraction of sp³-hybridized carbons (Fsp3) is 0.263. The minimum Gasteiger partial charge on any atom is -0.433 e. The van der Waals surface area contributed by atoms with Crippen LogP contribution >= 0.6 is 0 Å². The van der Waals surface area contributed by atoms with E-state index >= 15 is 0 Å². The number of anilines is 2. The summed E-state index contributed by atoms with van der Waals surface area (Å²) >= 11 is 0. The SMILES string of the molecule is N#Cc1ccc(OC(F)F)c(N(C(N)=O)c2c(F)cccc2C2CNCCO2)c1. The number of alkyl halides is 2. The predicted octanol–water partition coefficient (Wildman–Crippen LogP) is 3.18. The molecule has 1 unspecified atom stereocenters. The molecule has 7 nitrogen and oxygen atoms in total. The maximum atomic E-state index is 14.9. The van der Waals surface area contributed by atoms with Crippen molar-refractivity contribution in [2.24, 2.45) is 5.73 Å². The van der Waals surface area contributed by atoms with Gasteiger partial charge in [0.25, 0.3) is 0 Å². The highest BCUT2D eigenvalue weighted by Crippen LogP contribution is 2.40. The van der Waals surface area contributed by atoms with Crippen LogP contribution in [-0.2, 0) is 4.74 Å². The van der Waals surface area contributed by atoms with Crippen LogP contribution in [0.25, 0.3) is 0 Å². The van der Waals surface area contributed by atoms with Gasteiger partial charge >= 0.3 is 12.6 Å². The fourth-order valence-corrected chi connectivity index (χ4v) is 3.10. The minimum absolute atomic E-state index is 0.0429. The molecule has 2 aromatic rings. The van der Waals surface area contributed by atoms with Crippen LogP contribution in [-0.4, -0.2) is 32.3 Å². The summed E-state index contributed by atoms with van der Waals surface area (Å²) in [4.78, 5) is 13.0. The molecule has 0 saturated carbocycles. The van der Waals surface area contributed by atoms with Crippen LogP contribution in [0, 0.1) is 17.1 Å². The highest BCUT2D eigenvalue weighted by Gasteiger charge is 2.30. The number of nitrogens with one attached hydrogen (secondary N) is 1. The van der Waals surface area contributed by atoms with E-state index < -0.39 is 30.3 Å². The number of ether oxygens (including phenoxy) is 2. The number of nitrogens with two attached hydrogens (primary N) is 1. The highest BCUT2D eigenvalue weighted by molar-refractivity contribution is 6.01. The molecule has 1 aliphatic rings. The first-order valence-corrected chi connectivity index (χ1v) is 8.61. The van der Waals surface area contributed by atoms with Crippen LogP contribution in [0.5, 0.6) is 5.75 Å². The molecular weight excluding hydrogens is 389 g/mol. The Balaban J connectivity index is 2.20. The normalized spacial score (nSPS) is 16.3. The molecular formula is C19H17F3N4O3. The number of hydrogen-bond donors (Lipinski definition) is 2. The number of para-hydroxylation sites is 1. The molecule has 2 aromatic carbocycles. The molecule has 0 aliphatic carbocycles. The van der Waals surface area contributed by atoms with Crippen molar-refractivity contribution in [2.75, 3.05) is 24.6 Å². The van der Waals surface area contributed by atoms with Gasteiger partial charge in [0, 0.05) is 18.7 Å². The Morgan fingerprint density at radius 1 is 1.38 bits per heavy atom. The van der Waals surface area contributed by atoms with Crippen molar-refractivity contribution in [3.05, 3.63) is 53.3 Å². The number of halogens is 3. The maximum absolute atomic E-state index is 14.9. The maximum Gasteiger partial charge on any atom is 0.387 e. The topological polar surface area (TPSA) is 101 Å². The molecule has 3 N–H and O–H groups in total. The molecule has 1 atom stereocenters. The van der Waals surface area contributed by atoms with Gasteiger partial charge in [0.15, 0.2) is 0 Å². The van der Waals surface area contributed by atoms with E-state index in [1.807, 2.05) is 6.07 Å². The van der Waals surface area contributed by atoms with Gasteiger partial charge in [-0.3, -0.25) is 4.90 Å². The summed E-state index contributed by atoms with van der Waals surface area (Å²) in [5.74, 6) is -1.25. The number of carbonyl (C=O) groups is 1. The van der Waals surface area contributed by atoms with E-state index in [4.69, 9.17) is 15.7 Å². The van der Waals surface area contributed by atoms with E-state index in [2.05, 4.69) is 10.1 Å². The van der Waals surface area contributed by atoms with Crippen molar-refractivity contribution in [2.45, 2.75) is 12.7 Å². The first kappa shape index (κ1) is 20.4. The largest absolute Gasteiger partial charge is 0.433 e. The average molecular weight is 406 g/mol. The van der Waals surface area contributed by atoms with Crippen LogP contribution < -0.4 is 20.7 Å². The summed E-state index contributed by atoms with van der Waals surface area (Å²) in [5.41, 5.74) is 5.29. The van der Waals surface area contributed by atoms with Gasteiger partial charge in [-0.2, -0.15) is 14.0 Å². The fourth-order valence-electron chi connectivity index (χ4n) is 3.10. The Labute approximate surface area is 164 Å². The summed E-state index contributed by atoms with van der Waals surface area (Å²) in [6.07, 6.45) is -0.602. The number of nitrogens with zero attached hydrogens (tertiary/aromatic N) is 2. The number of urea groups is 1. The molecule has 2 amide bonds.